The molecule has 6 heteroatoms. The van der Waals surface area contributed by atoms with Gasteiger partial charge in [0.2, 0.25) is 5.91 Å². The molecule has 0 unspecified atom stereocenters. The zero-order chi connectivity index (χ0) is 19.1. The summed E-state index contributed by atoms with van der Waals surface area (Å²) in [7, 11) is 1.60. The van der Waals surface area contributed by atoms with Crippen LogP contribution in [0.2, 0.25) is 0 Å². The SMILES string of the molecule is COCCOCC(=O)Nc1ccc(-c2nc(-c3ccccc3)sc2C)cc1. The van der Waals surface area contributed by atoms with Crippen LogP contribution >= 0.6 is 11.3 Å². The Bertz CT molecular complexity index is 876. The van der Waals surface area contributed by atoms with Crippen molar-refractivity contribution < 1.29 is 14.3 Å². The molecule has 1 N–H and O–H groups in total. The van der Waals surface area contributed by atoms with Crippen LogP contribution in [0, 0.1) is 6.92 Å². The molecule has 0 radical (unpaired) electrons. The Hall–Kier alpha value is -2.54. The van der Waals surface area contributed by atoms with Crippen molar-refractivity contribution in [2.75, 3.05) is 32.2 Å². The number of carbonyl (C=O) groups is 1. The molecule has 1 aromatic heterocycles. The molecule has 0 fully saturated rings. The van der Waals surface area contributed by atoms with Crippen LogP contribution in [0.5, 0.6) is 0 Å². The van der Waals surface area contributed by atoms with Crippen LogP contribution in [0.1, 0.15) is 4.88 Å². The van der Waals surface area contributed by atoms with Crippen molar-refractivity contribution >= 4 is 22.9 Å². The van der Waals surface area contributed by atoms with Gasteiger partial charge in [-0.05, 0) is 19.1 Å². The van der Waals surface area contributed by atoms with E-state index in [9.17, 15) is 4.79 Å². The molecule has 0 saturated carbocycles. The number of nitrogens with one attached hydrogen (secondary N) is 1. The third-order valence-corrected chi connectivity index (χ3v) is 4.94. The summed E-state index contributed by atoms with van der Waals surface area (Å²) in [6.45, 7) is 2.96. The van der Waals surface area contributed by atoms with Gasteiger partial charge in [0.25, 0.3) is 0 Å². The molecule has 0 spiro atoms. The molecular formula is C21H22N2O3S. The molecule has 140 valence electrons. The molecular weight excluding hydrogens is 360 g/mol. The highest BCUT2D eigenvalue weighted by molar-refractivity contribution is 7.15. The quantitative estimate of drug-likeness (QED) is 0.587. The maximum atomic E-state index is 11.9. The number of carbonyl (C=O) groups excluding carboxylic acids is 1. The van der Waals surface area contributed by atoms with Gasteiger partial charge in [-0.1, -0.05) is 42.5 Å². The van der Waals surface area contributed by atoms with Crippen LogP contribution < -0.4 is 5.32 Å². The number of hydrogen-bond donors (Lipinski definition) is 1. The molecule has 2 aromatic carbocycles. The van der Waals surface area contributed by atoms with Gasteiger partial charge in [0, 0.05) is 28.8 Å². The number of ether oxygens (including phenoxy) is 2. The number of thiazole rings is 1. The number of rotatable bonds is 8. The van der Waals surface area contributed by atoms with E-state index in [4.69, 9.17) is 14.5 Å². The molecule has 3 rings (SSSR count). The van der Waals surface area contributed by atoms with Crippen LogP contribution in [0.15, 0.2) is 54.6 Å². The van der Waals surface area contributed by atoms with Gasteiger partial charge in [0.1, 0.15) is 11.6 Å². The molecule has 0 saturated heterocycles. The lowest BCUT2D eigenvalue weighted by Crippen LogP contribution is -2.19. The van der Waals surface area contributed by atoms with Gasteiger partial charge in [-0.3, -0.25) is 4.79 Å². The maximum absolute atomic E-state index is 11.9. The van der Waals surface area contributed by atoms with Gasteiger partial charge in [0.05, 0.1) is 18.9 Å². The van der Waals surface area contributed by atoms with E-state index in [1.807, 2.05) is 42.5 Å². The number of aryl methyl sites for hydroxylation is 1. The zero-order valence-corrected chi connectivity index (χ0v) is 16.2. The van der Waals surface area contributed by atoms with Crippen molar-refractivity contribution in [3.8, 4) is 21.8 Å². The first kappa shape index (κ1) is 19.2. The number of methoxy groups -OCH3 is 1. The fourth-order valence-corrected chi connectivity index (χ4v) is 3.53. The summed E-state index contributed by atoms with van der Waals surface area (Å²) < 4.78 is 10.1. The largest absolute Gasteiger partial charge is 0.382 e. The molecule has 0 aliphatic carbocycles. The maximum Gasteiger partial charge on any atom is 0.250 e. The van der Waals surface area contributed by atoms with Crippen LogP contribution in [0.3, 0.4) is 0 Å². The lowest BCUT2D eigenvalue weighted by molar-refractivity contribution is -0.121. The van der Waals surface area contributed by atoms with Crippen molar-refractivity contribution in [2.45, 2.75) is 6.92 Å². The Morgan fingerprint density at radius 2 is 1.78 bits per heavy atom. The molecule has 0 aliphatic heterocycles. The van der Waals surface area contributed by atoms with Gasteiger partial charge in [-0.2, -0.15) is 0 Å². The Morgan fingerprint density at radius 1 is 1.04 bits per heavy atom. The lowest BCUT2D eigenvalue weighted by Gasteiger charge is -2.07. The van der Waals surface area contributed by atoms with E-state index in [0.29, 0.717) is 13.2 Å². The molecule has 1 heterocycles. The molecule has 0 bridgehead atoms. The summed E-state index contributed by atoms with van der Waals surface area (Å²) in [5.41, 5.74) is 3.85. The van der Waals surface area contributed by atoms with E-state index in [0.717, 1.165) is 32.4 Å². The zero-order valence-electron chi connectivity index (χ0n) is 15.4. The molecule has 1 amide bonds. The fraction of sp³-hybridized carbons (Fsp3) is 0.238. The molecule has 3 aromatic rings. The van der Waals surface area contributed by atoms with Crippen LogP contribution in [-0.4, -0.2) is 37.8 Å². The second-order valence-electron chi connectivity index (χ2n) is 5.96. The topological polar surface area (TPSA) is 60.5 Å². The van der Waals surface area contributed by atoms with Crippen molar-refractivity contribution in [2.24, 2.45) is 0 Å². The number of benzene rings is 2. The minimum absolute atomic E-state index is 0.0107. The van der Waals surface area contributed by atoms with Crippen LogP contribution in [-0.2, 0) is 14.3 Å². The van der Waals surface area contributed by atoms with E-state index in [1.165, 1.54) is 0 Å². The molecule has 27 heavy (non-hydrogen) atoms. The summed E-state index contributed by atoms with van der Waals surface area (Å²) in [4.78, 5) is 17.8. The monoisotopic (exact) mass is 382 g/mol. The third kappa shape index (κ3) is 5.23. The van der Waals surface area contributed by atoms with Crippen molar-refractivity contribution in [1.82, 2.24) is 4.98 Å². The van der Waals surface area contributed by atoms with E-state index in [-0.39, 0.29) is 12.5 Å². The van der Waals surface area contributed by atoms with Crippen molar-refractivity contribution in [1.29, 1.82) is 0 Å². The Balaban J connectivity index is 1.65. The predicted octanol–water partition coefficient (Wildman–Crippen LogP) is 4.39. The number of hydrogen-bond acceptors (Lipinski definition) is 5. The standard InChI is InChI=1S/C21H22N2O3S/c1-15-20(23-21(27-15)17-6-4-3-5-7-17)16-8-10-18(11-9-16)22-19(24)14-26-13-12-25-2/h3-11H,12-14H2,1-2H3,(H,22,24). The van der Waals surface area contributed by atoms with Crippen LogP contribution in [0.25, 0.3) is 21.8 Å². The predicted molar refractivity (Wildman–Crippen MR) is 109 cm³/mol. The summed E-state index contributed by atoms with van der Waals surface area (Å²) >= 11 is 1.68. The van der Waals surface area contributed by atoms with Crippen LogP contribution in [0.4, 0.5) is 5.69 Å². The number of nitrogens with zero attached hydrogens (tertiary/aromatic N) is 1. The number of amides is 1. The molecule has 0 aliphatic rings. The average molecular weight is 382 g/mol. The first-order chi connectivity index (χ1) is 13.2. The first-order valence-electron chi connectivity index (χ1n) is 8.67. The average Bonchev–Trinajstić information content (AvgIpc) is 3.08. The van der Waals surface area contributed by atoms with E-state index >= 15 is 0 Å². The lowest BCUT2D eigenvalue weighted by atomic mass is 10.1. The summed E-state index contributed by atoms with van der Waals surface area (Å²) in [6.07, 6.45) is 0. The molecule has 5 nitrogen and oxygen atoms in total. The number of aromatic nitrogens is 1. The highest BCUT2D eigenvalue weighted by Gasteiger charge is 2.11. The van der Waals surface area contributed by atoms with E-state index in [2.05, 4.69) is 24.4 Å². The first-order valence-corrected chi connectivity index (χ1v) is 9.49. The Kier molecular flexibility index (Phi) is 6.70. The number of anilines is 1. The van der Waals surface area contributed by atoms with E-state index in [1.54, 1.807) is 18.4 Å². The van der Waals surface area contributed by atoms with Crippen molar-refractivity contribution in [3.63, 3.8) is 0 Å². The van der Waals surface area contributed by atoms with Gasteiger partial charge in [-0.25, -0.2) is 4.98 Å². The van der Waals surface area contributed by atoms with E-state index < -0.39 is 0 Å². The third-order valence-electron chi connectivity index (χ3n) is 3.92. The summed E-state index contributed by atoms with van der Waals surface area (Å²) in [5, 5.41) is 3.83. The highest BCUT2D eigenvalue weighted by Crippen LogP contribution is 2.33. The fourth-order valence-electron chi connectivity index (χ4n) is 2.58. The summed E-state index contributed by atoms with van der Waals surface area (Å²) in [6, 6.07) is 17.9. The normalized spacial score (nSPS) is 10.7. The minimum Gasteiger partial charge on any atom is -0.382 e. The van der Waals surface area contributed by atoms with Gasteiger partial charge in [0.15, 0.2) is 0 Å². The second kappa shape index (κ2) is 9.41. The Morgan fingerprint density at radius 3 is 2.48 bits per heavy atom. The smallest absolute Gasteiger partial charge is 0.250 e. The Labute approximate surface area is 163 Å². The summed E-state index contributed by atoms with van der Waals surface area (Å²) in [5.74, 6) is -0.185. The van der Waals surface area contributed by atoms with Gasteiger partial charge < -0.3 is 14.8 Å². The minimum atomic E-state index is -0.185. The molecule has 0 atom stereocenters. The second-order valence-corrected chi connectivity index (χ2v) is 7.16. The van der Waals surface area contributed by atoms with Gasteiger partial charge in [-0.15, -0.1) is 11.3 Å². The van der Waals surface area contributed by atoms with Gasteiger partial charge >= 0.3 is 0 Å². The van der Waals surface area contributed by atoms with Crippen molar-refractivity contribution in [3.05, 3.63) is 59.5 Å². The highest BCUT2D eigenvalue weighted by atomic mass is 32.1.